The van der Waals surface area contributed by atoms with Crippen molar-refractivity contribution in [2.75, 3.05) is 24.9 Å². The normalized spacial score (nSPS) is 9.87. The first-order valence-electron chi connectivity index (χ1n) is 6.64. The number of rotatable bonds is 4. The summed E-state index contributed by atoms with van der Waals surface area (Å²) >= 11 is 3.30. The average Bonchev–Trinajstić information content (AvgIpc) is 2.56. The molecule has 2 aromatic carbocycles. The maximum absolute atomic E-state index is 12.0. The Morgan fingerprint density at radius 2 is 1.57 bits per heavy atom. The van der Waals surface area contributed by atoms with E-state index >= 15 is 0 Å². The molecular weight excluding hydrogens is 364 g/mol. The molecule has 0 radical (unpaired) electrons. The number of hydrogen-bond donors (Lipinski definition) is 2. The molecule has 0 heterocycles. The molecule has 0 aliphatic rings. The zero-order chi connectivity index (χ0) is 16.8. The Balaban J connectivity index is 2.07. The molecule has 2 aromatic rings. The highest BCUT2D eigenvalue weighted by atomic mass is 79.9. The third-order valence-corrected chi connectivity index (χ3v) is 3.66. The lowest BCUT2D eigenvalue weighted by atomic mass is 10.2. The topological polar surface area (TPSA) is 76.7 Å². The summed E-state index contributed by atoms with van der Waals surface area (Å²) in [5.41, 5.74) is 0.940. The number of amides is 2. The van der Waals surface area contributed by atoms with Crippen LogP contribution in [0.4, 0.5) is 11.4 Å². The van der Waals surface area contributed by atoms with Crippen LogP contribution in [0.1, 0.15) is 0 Å². The lowest BCUT2D eigenvalue weighted by molar-refractivity contribution is -0.133. The summed E-state index contributed by atoms with van der Waals surface area (Å²) in [6.45, 7) is 0. The van der Waals surface area contributed by atoms with Gasteiger partial charge >= 0.3 is 11.8 Å². The van der Waals surface area contributed by atoms with Crippen LogP contribution < -0.4 is 20.1 Å². The van der Waals surface area contributed by atoms with Crippen LogP contribution in [0.2, 0.25) is 0 Å². The van der Waals surface area contributed by atoms with Gasteiger partial charge in [0.1, 0.15) is 0 Å². The zero-order valence-electron chi connectivity index (χ0n) is 12.6. The number of carbonyl (C=O) groups excluding carboxylic acids is 2. The summed E-state index contributed by atoms with van der Waals surface area (Å²) in [5, 5.41) is 5.03. The van der Waals surface area contributed by atoms with Gasteiger partial charge in [-0.15, -0.1) is 0 Å². The van der Waals surface area contributed by atoms with Crippen LogP contribution >= 0.6 is 15.9 Å². The molecule has 6 nitrogen and oxygen atoms in total. The maximum atomic E-state index is 12.0. The standard InChI is InChI=1S/C16H15BrN2O4/c1-22-13-8-7-10(9-14(13)23-2)18-15(20)16(21)19-12-6-4-3-5-11(12)17/h3-9H,1-2H3,(H,18,20)(H,19,21). The molecule has 120 valence electrons. The maximum Gasteiger partial charge on any atom is 0.314 e. The fourth-order valence-electron chi connectivity index (χ4n) is 1.84. The first kappa shape index (κ1) is 16.8. The van der Waals surface area contributed by atoms with Crippen LogP contribution in [0.25, 0.3) is 0 Å². The highest BCUT2D eigenvalue weighted by Crippen LogP contribution is 2.29. The van der Waals surface area contributed by atoms with E-state index in [0.717, 1.165) is 0 Å². The summed E-state index contributed by atoms with van der Waals surface area (Å²) in [5.74, 6) is -0.570. The second kappa shape index (κ2) is 7.64. The molecule has 0 fully saturated rings. The molecule has 2 N–H and O–H groups in total. The van der Waals surface area contributed by atoms with Gasteiger partial charge in [-0.05, 0) is 40.2 Å². The smallest absolute Gasteiger partial charge is 0.314 e. The van der Waals surface area contributed by atoms with Gasteiger partial charge in [0.25, 0.3) is 0 Å². The van der Waals surface area contributed by atoms with Gasteiger partial charge < -0.3 is 20.1 Å². The zero-order valence-corrected chi connectivity index (χ0v) is 14.1. The monoisotopic (exact) mass is 378 g/mol. The van der Waals surface area contributed by atoms with Crippen molar-refractivity contribution in [2.45, 2.75) is 0 Å². The van der Waals surface area contributed by atoms with Crippen molar-refractivity contribution in [3.63, 3.8) is 0 Å². The summed E-state index contributed by atoms with van der Waals surface area (Å²) in [7, 11) is 3.00. The molecule has 0 aliphatic carbocycles. The predicted molar refractivity (Wildman–Crippen MR) is 90.9 cm³/mol. The fourth-order valence-corrected chi connectivity index (χ4v) is 2.23. The predicted octanol–water partition coefficient (Wildman–Crippen LogP) is 3.04. The van der Waals surface area contributed by atoms with E-state index in [-0.39, 0.29) is 0 Å². The number of anilines is 2. The largest absolute Gasteiger partial charge is 0.493 e. The molecule has 0 spiro atoms. The van der Waals surface area contributed by atoms with Crippen LogP contribution in [-0.2, 0) is 9.59 Å². The molecular formula is C16H15BrN2O4. The molecule has 0 saturated heterocycles. The second-order valence-electron chi connectivity index (χ2n) is 4.46. The Bertz CT molecular complexity index is 734. The van der Waals surface area contributed by atoms with E-state index in [2.05, 4.69) is 26.6 Å². The van der Waals surface area contributed by atoms with Gasteiger partial charge in [0.15, 0.2) is 11.5 Å². The lowest BCUT2D eigenvalue weighted by Crippen LogP contribution is -2.29. The van der Waals surface area contributed by atoms with E-state index < -0.39 is 11.8 Å². The molecule has 0 aromatic heterocycles. The van der Waals surface area contributed by atoms with E-state index in [0.29, 0.717) is 27.3 Å². The minimum Gasteiger partial charge on any atom is -0.493 e. The third-order valence-electron chi connectivity index (χ3n) is 2.97. The van der Waals surface area contributed by atoms with E-state index in [4.69, 9.17) is 9.47 Å². The number of nitrogens with one attached hydrogen (secondary N) is 2. The highest BCUT2D eigenvalue weighted by molar-refractivity contribution is 9.10. The van der Waals surface area contributed by atoms with Crippen molar-refractivity contribution in [2.24, 2.45) is 0 Å². The minimum atomic E-state index is -0.784. The quantitative estimate of drug-likeness (QED) is 0.801. The van der Waals surface area contributed by atoms with Crippen molar-refractivity contribution in [3.8, 4) is 11.5 Å². The SMILES string of the molecule is COc1ccc(NC(=O)C(=O)Nc2ccccc2Br)cc1OC. The number of hydrogen-bond acceptors (Lipinski definition) is 4. The molecule has 23 heavy (non-hydrogen) atoms. The molecule has 0 bridgehead atoms. The van der Waals surface area contributed by atoms with Crippen molar-refractivity contribution in [3.05, 3.63) is 46.9 Å². The minimum absolute atomic E-state index is 0.426. The molecule has 7 heteroatoms. The van der Waals surface area contributed by atoms with E-state index in [1.165, 1.54) is 14.2 Å². The van der Waals surface area contributed by atoms with Crippen molar-refractivity contribution < 1.29 is 19.1 Å². The Hall–Kier alpha value is -2.54. The van der Waals surface area contributed by atoms with E-state index in [1.54, 1.807) is 36.4 Å². The summed E-state index contributed by atoms with van der Waals surface area (Å²) < 4.78 is 10.9. The molecule has 0 saturated carbocycles. The highest BCUT2D eigenvalue weighted by Gasteiger charge is 2.16. The molecule has 0 unspecified atom stereocenters. The molecule has 0 atom stereocenters. The van der Waals surface area contributed by atoms with Gasteiger partial charge in [0.2, 0.25) is 0 Å². The Morgan fingerprint density at radius 3 is 2.22 bits per heavy atom. The van der Waals surface area contributed by atoms with Gasteiger partial charge in [-0.1, -0.05) is 12.1 Å². The van der Waals surface area contributed by atoms with Crippen LogP contribution in [0, 0.1) is 0 Å². The number of para-hydroxylation sites is 1. The van der Waals surface area contributed by atoms with E-state index in [1.807, 2.05) is 6.07 Å². The van der Waals surface area contributed by atoms with Gasteiger partial charge in [-0.2, -0.15) is 0 Å². The summed E-state index contributed by atoms with van der Waals surface area (Å²) in [6.07, 6.45) is 0. The first-order chi connectivity index (χ1) is 11.0. The van der Waals surface area contributed by atoms with Gasteiger partial charge in [-0.3, -0.25) is 9.59 Å². The summed E-state index contributed by atoms with van der Waals surface area (Å²) in [4.78, 5) is 23.9. The van der Waals surface area contributed by atoms with Crippen molar-refractivity contribution >= 4 is 39.1 Å². The number of carbonyl (C=O) groups is 2. The Morgan fingerprint density at radius 1 is 0.913 bits per heavy atom. The van der Waals surface area contributed by atoms with Gasteiger partial charge in [0, 0.05) is 16.2 Å². The second-order valence-corrected chi connectivity index (χ2v) is 5.31. The van der Waals surface area contributed by atoms with Crippen LogP contribution in [0.15, 0.2) is 46.9 Å². The molecule has 0 aliphatic heterocycles. The number of methoxy groups -OCH3 is 2. The van der Waals surface area contributed by atoms with Gasteiger partial charge in [0.05, 0.1) is 19.9 Å². The van der Waals surface area contributed by atoms with Crippen LogP contribution in [0.5, 0.6) is 11.5 Å². The molecule has 2 rings (SSSR count). The van der Waals surface area contributed by atoms with Crippen LogP contribution in [-0.4, -0.2) is 26.0 Å². The Labute approximate surface area is 141 Å². The Kier molecular flexibility index (Phi) is 5.59. The third kappa shape index (κ3) is 4.23. The average molecular weight is 379 g/mol. The number of ether oxygens (including phenoxy) is 2. The van der Waals surface area contributed by atoms with Crippen molar-refractivity contribution in [1.29, 1.82) is 0 Å². The summed E-state index contributed by atoms with van der Waals surface area (Å²) in [6, 6.07) is 11.8. The molecule has 2 amide bonds. The van der Waals surface area contributed by atoms with Crippen LogP contribution in [0.3, 0.4) is 0 Å². The van der Waals surface area contributed by atoms with Crippen molar-refractivity contribution in [1.82, 2.24) is 0 Å². The van der Waals surface area contributed by atoms with Gasteiger partial charge in [-0.25, -0.2) is 0 Å². The number of halogens is 1. The number of benzene rings is 2. The van der Waals surface area contributed by atoms with E-state index in [9.17, 15) is 9.59 Å². The fraction of sp³-hybridized carbons (Fsp3) is 0.125. The first-order valence-corrected chi connectivity index (χ1v) is 7.43. The lowest BCUT2D eigenvalue weighted by Gasteiger charge is -2.11.